The van der Waals surface area contributed by atoms with Gasteiger partial charge < -0.3 is 14.9 Å². The van der Waals surface area contributed by atoms with Crippen LogP contribution in [0.4, 0.5) is 13.2 Å². The first-order valence-electron chi connectivity index (χ1n) is 5.95. The van der Waals surface area contributed by atoms with E-state index in [-0.39, 0.29) is 11.3 Å². The molecule has 0 spiro atoms. The SMILES string of the molecule is Cc1cc(C(N)c2ccccc2OC(F)(F)F)c(C)o1. The molecule has 2 aromatic rings. The van der Waals surface area contributed by atoms with Crippen LogP contribution in [-0.2, 0) is 0 Å². The molecule has 1 heterocycles. The molecule has 0 aliphatic heterocycles. The second-order valence-corrected chi connectivity index (χ2v) is 4.43. The lowest BCUT2D eigenvalue weighted by molar-refractivity contribution is -0.274. The zero-order valence-electron chi connectivity index (χ0n) is 11.0. The summed E-state index contributed by atoms with van der Waals surface area (Å²) in [5.74, 6) is 0.935. The Balaban J connectivity index is 2.40. The summed E-state index contributed by atoms with van der Waals surface area (Å²) < 4.78 is 46.5. The normalized spacial score (nSPS) is 13.3. The third kappa shape index (κ3) is 3.14. The highest BCUT2D eigenvalue weighted by molar-refractivity contribution is 5.42. The minimum Gasteiger partial charge on any atom is -0.466 e. The highest BCUT2D eigenvalue weighted by Gasteiger charge is 2.33. The number of benzene rings is 1. The van der Waals surface area contributed by atoms with Crippen LogP contribution in [0.2, 0.25) is 0 Å². The van der Waals surface area contributed by atoms with E-state index in [0.717, 1.165) is 0 Å². The Morgan fingerprint density at radius 3 is 2.35 bits per heavy atom. The van der Waals surface area contributed by atoms with Crippen molar-refractivity contribution < 1.29 is 22.3 Å². The first kappa shape index (κ1) is 14.5. The zero-order chi connectivity index (χ0) is 14.9. The molecule has 2 N–H and O–H groups in total. The van der Waals surface area contributed by atoms with Gasteiger partial charge in [-0.25, -0.2) is 0 Å². The van der Waals surface area contributed by atoms with Crippen LogP contribution < -0.4 is 10.5 Å². The third-order valence-electron chi connectivity index (χ3n) is 2.89. The van der Waals surface area contributed by atoms with Crippen molar-refractivity contribution in [2.75, 3.05) is 0 Å². The Kier molecular flexibility index (Phi) is 3.76. The van der Waals surface area contributed by atoms with Gasteiger partial charge in [0.1, 0.15) is 17.3 Å². The fourth-order valence-corrected chi connectivity index (χ4v) is 2.08. The third-order valence-corrected chi connectivity index (χ3v) is 2.89. The Labute approximate surface area is 114 Å². The number of hydrogen-bond donors (Lipinski definition) is 1. The van der Waals surface area contributed by atoms with Crippen LogP contribution in [0.15, 0.2) is 34.7 Å². The molecule has 0 saturated carbocycles. The van der Waals surface area contributed by atoms with E-state index in [1.807, 2.05) is 0 Å². The predicted molar refractivity (Wildman–Crippen MR) is 67.3 cm³/mol. The Hall–Kier alpha value is -1.95. The van der Waals surface area contributed by atoms with Crippen LogP contribution in [0.1, 0.15) is 28.7 Å². The summed E-state index contributed by atoms with van der Waals surface area (Å²) in [5.41, 5.74) is 6.94. The van der Waals surface area contributed by atoms with Gasteiger partial charge in [-0.2, -0.15) is 0 Å². The second kappa shape index (κ2) is 5.20. The Bertz CT molecular complexity index is 605. The molecule has 0 aliphatic carbocycles. The second-order valence-electron chi connectivity index (χ2n) is 4.43. The summed E-state index contributed by atoms with van der Waals surface area (Å²) in [4.78, 5) is 0. The van der Waals surface area contributed by atoms with Gasteiger partial charge in [0.15, 0.2) is 0 Å². The standard InChI is InChI=1S/C14H14F3NO2/c1-8-7-11(9(2)19-8)13(18)10-5-3-4-6-12(10)20-14(15,16)17/h3-7,13H,18H2,1-2H3. The van der Waals surface area contributed by atoms with E-state index in [1.54, 1.807) is 26.0 Å². The number of furan rings is 1. The summed E-state index contributed by atoms with van der Waals surface area (Å²) >= 11 is 0. The van der Waals surface area contributed by atoms with Crippen molar-refractivity contribution in [1.82, 2.24) is 0 Å². The summed E-state index contributed by atoms with van der Waals surface area (Å²) in [7, 11) is 0. The van der Waals surface area contributed by atoms with E-state index in [0.29, 0.717) is 17.1 Å². The van der Waals surface area contributed by atoms with Gasteiger partial charge in [0, 0.05) is 11.1 Å². The van der Waals surface area contributed by atoms with Crippen LogP contribution in [-0.4, -0.2) is 6.36 Å². The van der Waals surface area contributed by atoms with E-state index >= 15 is 0 Å². The van der Waals surface area contributed by atoms with E-state index in [2.05, 4.69) is 4.74 Å². The molecule has 1 aromatic carbocycles. The van der Waals surface area contributed by atoms with E-state index in [1.165, 1.54) is 18.2 Å². The molecule has 0 fully saturated rings. The van der Waals surface area contributed by atoms with Gasteiger partial charge in [0.05, 0.1) is 6.04 Å². The molecule has 0 radical (unpaired) electrons. The molecule has 1 aromatic heterocycles. The van der Waals surface area contributed by atoms with E-state index in [9.17, 15) is 13.2 Å². The van der Waals surface area contributed by atoms with Crippen molar-refractivity contribution in [3.8, 4) is 5.75 Å². The molecule has 0 saturated heterocycles. The molecule has 3 nitrogen and oxygen atoms in total. The zero-order valence-corrected chi connectivity index (χ0v) is 11.0. The van der Waals surface area contributed by atoms with Crippen molar-refractivity contribution >= 4 is 0 Å². The molecule has 2 rings (SSSR count). The lowest BCUT2D eigenvalue weighted by atomic mass is 9.99. The molecule has 0 aliphatic rings. The smallest absolute Gasteiger partial charge is 0.466 e. The van der Waals surface area contributed by atoms with Crippen LogP contribution in [0.5, 0.6) is 5.75 Å². The first-order chi connectivity index (χ1) is 9.28. The van der Waals surface area contributed by atoms with Gasteiger partial charge in [-0.15, -0.1) is 13.2 Å². The molecule has 20 heavy (non-hydrogen) atoms. The van der Waals surface area contributed by atoms with Crippen molar-refractivity contribution in [3.63, 3.8) is 0 Å². The average Bonchev–Trinajstić information content (AvgIpc) is 2.66. The Morgan fingerprint density at radius 2 is 1.80 bits per heavy atom. The maximum Gasteiger partial charge on any atom is 0.573 e. The summed E-state index contributed by atoms with van der Waals surface area (Å²) in [6, 6.07) is 6.79. The highest BCUT2D eigenvalue weighted by atomic mass is 19.4. The minimum absolute atomic E-state index is 0.258. The fourth-order valence-electron chi connectivity index (χ4n) is 2.08. The molecule has 1 atom stereocenters. The molecule has 1 unspecified atom stereocenters. The number of alkyl halides is 3. The van der Waals surface area contributed by atoms with Crippen LogP contribution in [0.3, 0.4) is 0 Å². The van der Waals surface area contributed by atoms with Gasteiger partial charge >= 0.3 is 6.36 Å². The molecule has 6 heteroatoms. The number of para-hydroxylation sites is 1. The summed E-state index contributed by atoms with van der Waals surface area (Å²) in [6.07, 6.45) is -4.75. The summed E-state index contributed by atoms with van der Waals surface area (Å²) in [5, 5.41) is 0. The minimum atomic E-state index is -4.75. The van der Waals surface area contributed by atoms with Crippen molar-refractivity contribution in [2.24, 2.45) is 5.73 Å². The molecule has 0 amide bonds. The molecule has 108 valence electrons. The van der Waals surface area contributed by atoms with Crippen LogP contribution in [0.25, 0.3) is 0 Å². The maximum atomic E-state index is 12.4. The number of nitrogens with two attached hydrogens (primary N) is 1. The van der Waals surface area contributed by atoms with Crippen molar-refractivity contribution in [2.45, 2.75) is 26.3 Å². The molecular weight excluding hydrogens is 271 g/mol. The number of ether oxygens (including phenoxy) is 1. The average molecular weight is 285 g/mol. The largest absolute Gasteiger partial charge is 0.573 e. The highest BCUT2D eigenvalue weighted by Crippen LogP contribution is 2.33. The lowest BCUT2D eigenvalue weighted by Crippen LogP contribution is -2.20. The number of halogens is 3. The van der Waals surface area contributed by atoms with Crippen LogP contribution >= 0.6 is 0 Å². The van der Waals surface area contributed by atoms with Gasteiger partial charge in [0.25, 0.3) is 0 Å². The first-order valence-corrected chi connectivity index (χ1v) is 5.95. The van der Waals surface area contributed by atoms with Gasteiger partial charge in [0.2, 0.25) is 0 Å². The number of hydrogen-bond acceptors (Lipinski definition) is 3. The van der Waals surface area contributed by atoms with Gasteiger partial charge in [-0.3, -0.25) is 0 Å². The lowest BCUT2D eigenvalue weighted by Gasteiger charge is -2.17. The van der Waals surface area contributed by atoms with E-state index < -0.39 is 12.4 Å². The predicted octanol–water partition coefficient (Wildman–Crippen LogP) is 3.84. The number of rotatable bonds is 3. The van der Waals surface area contributed by atoms with Crippen molar-refractivity contribution in [3.05, 3.63) is 53.0 Å². The topological polar surface area (TPSA) is 48.4 Å². The number of aryl methyl sites for hydroxylation is 2. The monoisotopic (exact) mass is 285 g/mol. The maximum absolute atomic E-state index is 12.4. The van der Waals surface area contributed by atoms with Crippen molar-refractivity contribution in [1.29, 1.82) is 0 Å². The van der Waals surface area contributed by atoms with Gasteiger partial charge in [-0.1, -0.05) is 18.2 Å². The summed E-state index contributed by atoms with van der Waals surface area (Å²) in [6.45, 7) is 3.47. The fraction of sp³-hybridized carbons (Fsp3) is 0.286. The van der Waals surface area contributed by atoms with Crippen LogP contribution in [0, 0.1) is 13.8 Å². The molecular formula is C14H14F3NO2. The van der Waals surface area contributed by atoms with Gasteiger partial charge in [-0.05, 0) is 26.0 Å². The van der Waals surface area contributed by atoms with E-state index in [4.69, 9.17) is 10.2 Å². The molecule has 0 bridgehead atoms. The Morgan fingerprint density at radius 1 is 1.15 bits per heavy atom. The quantitative estimate of drug-likeness (QED) is 0.932.